The zero-order chi connectivity index (χ0) is 13.4. The van der Waals surface area contributed by atoms with Crippen LogP contribution in [0.5, 0.6) is 0 Å². The van der Waals surface area contributed by atoms with Gasteiger partial charge < -0.3 is 0 Å². The molecule has 0 N–H and O–H groups in total. The van der Waals surface area contributed by atoms with Crippen molar-refractivity contribution in [3.63, 3.8) is 0 Å². The number of Topliss-reactive ketones (excluding diaryl/α,β-unsaturated/α-hetero) is 1. The monoisotopic (exact) mass is 334 g/mol. The molecule has 0 fully saturated rings. The van der Waals surface area contributed by atoms with Gasteiger partial charge in [0, 0.05) is 16.4 Å². The van der Waals surface area contributed by atoms with Crippen molar-refractivity contribution in [3.8, 4) is 0 Å². The van der Waals surface area contributed by atoms with Crippen molar-refractivity contribution >= 4 is 33.0 Å². The largest absolute Gasteiger partial charge is 0.293 e. The van der Waals surface area contributed by atoms with E-state index >= 15 is 0 Å². The Morgan fingerprint density at radius 3 is 2.89 bits per heavy atom. The summed E-state index contributed by atoms with van der Waals surface area (Å²) in [6, 6.07) is 10.4. The Bertz CT molecular complexity index is 629. The lowest BCUT2D eigenvalue weighted by Crippen LogP contribution is -2.18. The topological polar surface area (TPSA) is 17.1 Å². The van der Waals surface area contributed by atoms with Gasteiger partial charge in [0.05, 0.1) is 3.79 Å². The molecule has 0 radical (unpaired) electrons. The van der Waals surface area contributed by atoms with Gasteiger partial charge >= 0.3 is 0 Å². The number of ketones is 1. The van der Waals surface area contributed by atoms with E-state index in [9.17, 15) is 4.79 Å². The molecule has 0 amide bonds. The third kappa shape index (κ3) is 2.41. The number of thiophene rings is 1. The van der Waals surface area contributed by atoms with E-state index in [0.717, 1.165) is 33.5 Å². The number of carbonyl (C=O) groups is 1. The lowest BCUT2D eigenvalue weighted by atomic mass is 9.79. The fraction of sp³-hybridized carbons (Fsp3) is 0.312. The Kier molecular flexibility index (Phi) is 3.59. The number of fused-ring (bicyclic) bond motifs is 1. The van der Waals surface area contributed by atoms with Gasteiger partial charge in [-0.1, -0.05) is 24.3 Å². The first kappa shape index (κ1) is 13.1. The minimum Gasteiger partial charge on any atom is -0.293 e. The predicted octanol–water partition coefficient (Wildman–Crippen LogP) is 5.12. The Morgan fingerprint density at radius 1 is 1.37 bits per heavy atom. The van der Waals surface area contributed by atoms with Gasteiger partial charge in [-0.25, -0.2) is 0 Å². The van der Waals surface area contributed by atoms with Gasteiger partial charge in [0.1, 0.15) is 0 Å². The highest BCUT2D eigenvalue weighted by Gasteiger charge is 2.28. The normalized spacial score (nSPS) is 18.1. The predicted molar refractivity (Wildman–Crippen MR) is 83.2 cm³/mol. The molecule has 1 nitrogen and oxygen atoms in total. The summed E-state index contributed by atoms with van der Waals surface area (Å²) < 4.78 is 1.04. The van der Waals surface area contributed by atoms with Crippen LogP contribution in [0.15, 0.2) is 34.1 Å². The zero-order valence-corrected chi connectivity index (χ0v) is 13.2. The third-order valence-electron chi connectivity index (χ3n) is 3.84. The van der Waals surface area contributed by atoms with Crippen molar-refractivity contribution < 1.29 is 4.79 Å². The fourth-order valence-electron chi connectivity index (χ4n) is 2.90. The Balaban J connectivity index is 2.00. The van der Waals surface area contributed by atoms with Crippen molar-refractivity contribution in [1.82, 2.24) is 0 Å². The fourth-order valence-corrected chi connectivity index (χ4v) is 4.60. The van der Waals surface area contributed by atoms with Crippen LogP contribution >= 0.6 is 27.3 Å². The second-order valence-electron chi connectivity index (χ2n) is 5.03. The first-order chi connectivity index (χ1) is 9.16. The van der Waals surface area contributed by atoms with Gasteiger partial charge in [-0.3, -0.25) is 4.79 Å². The molecule has 0 aliphatic heterocycles. The number of rotatable bonds is 2. The Morgan fingerprint density at radius 2 is 2.16 bits per heavy atom. The molecule has 1 aliphatic carbocycles. The molecule has 1 aliphatic rings. The molecule has 3 rings (SSSR count). The third-order valence-corrected chi connectivity index (χ3v) is 5.39. The van der Waals surface area contributed by atoms with Crippen LogP contribution in [0.1, 0.15) is 45.1 Å². The van der Waals surface area contributed by atoms with Crippen LogP contribution in [-0.4, -0.2) is 5.78 Å². The number of carbonyl (C=O) groups excluding carboxylic acids is 1. The molecule has 1 unspecified atom stereocenters. The summed E-state index contributed by atoms with van der Waals surface area (Å²) in [6.45, 7) is 2.03. The highest BCUT2D eigenvalue weighted by Crippen LogP contribution is 2.36. The average Bonchev–Trinajstić information content (AvgIpc) is 2.76. The van der Waals surface area contributed by atoms with Gasteiger partial charge in [-0.15, -0.1) is 11.3 Å². The smallest absolute Gasteiger partial charge is 0.171 e. The molecule has 19 heavy (non-hydrogen) atoms. The second kappa shape index (κ2) is 5.22. The molecule has 98 valence electrons. The molecular weight excluding hydrogens is 320 g/mol. The van der Waals surface area contributed by atoms with E-state index in [1.165, 1.54) is 11.1 Å². The number of aryl methyl sites for hydroxylation is 2. The van der Waals surface area contributed by atoms with Crippen LogP contribution in [0.3, 0.4) is 0 Å². The molecule has 1 aromatic heterocycles. The summed E-state index contributed by atoms with van der Waals surface area (Å²) in [5, 5.41) is 0. The maximum atomic E-state index is 12.8. The number of hydrogen-bond acceptors (Lipinski definition) is 2. The van der Waals surface area contributed by atoms with Crippen molar-refractivity contribution in [2.24, 2.45) is 0 Å². The number of halogens is 1. The minimum atomic E-state index is 0.0464. The summed E-state index contributed by atoms with van der Waals surface area (Å²) in [5.74, 6) is 0.330. The van der Waals surface area contributed by atoms with Crippen LogP contribution in [0, 0.1) is 6.92 Å². The highest BCUT2D eigenvalue weighted by molar-refractivity contribution is 9.11. The van der Waals surface area contributed by atoms with Gasteiger partial charge in [0.2, 0.25) is 0 Å². The number of hydrogen-bond donors (Lipinski definition) is 0. The lowest BCUT2D eigenvalue weighted by Gasteiger charge is -2.24. The minimum absolute atomic E-state index is 0.0464. The van der Waals surface area contributed by atoms with Gasteiger partial charge in [-0.05, 0) is 59.3 Å². The van der Waals surface area contributed by atoms with Gasteiger partial charge in [0.25, 0.3) is 0 Å². The Hall–Kier alpha value is -0.930. The summed E-state index contributed by atoms with van der Waals surface area (Å²) in [5.41, 5.74) is 3.47. The van der Waals surface area contributed by atoms with Crippen LogP contribution in [0.25, 0.3) is 0 Å². The summed E-state index contributed by atoms with van der Waals surface area (Å²) in [4.78, 5) is 13.9. The van der Waals surface area contributed by atoms with E-state index in [1.807, 2.05) is 19.1 Å². The second-order valence-corrected chi connectivity index (χ2v) is 7.66. The van der Waals surface area contributed by atoms with Gasteiger partial charge in [-0.2, -0.15) is 0 Å². The van der Waals surface area contributed by atoms with Crippen molar-refractivity contribution in [2.75, 3.05) is 0 Å². The standard InChI is InChI=1S/C16H15BrOS/c1-10-14(9-15(17)19-10)16(18)13-8-4-6-11-5-2-3-7-12(11)13/h2-3,5,7,9,13H,4,6,8H2,1H3. The van der Waals surface area contributed by atoms with Crippen molar-refractivity contribution in [1.29, 1.82) is 0 Å². The first-order valence-electron chi connectivity index (χ1n) is 6.55. The molecule has 0 saturated carbocycles. The maximum absolute atomic E-state index is 12.8. The Labute approximate surface area is 125 Å². The van der Waals surface area contributed by atoms with E-state index in [4.69, 9.17) is 0 Å². The molecule has 0 spiro atoms. The number of benzene rings is 1. The summed E-state index contributed by atoms with van der Waals surface area (Å²) in [7, 11) is 0. The van der Waals surface area contributed by atoms with Crippen LogP contribution in [0.2, 0.25) is 0 Å². The molecule has 1 aromatic carbocycles. The maximum Gasteiger partial charge on any atom is 0.171 e. The molecule has 2 aromatic rings. The van der Waals surface area contributed by atoms with Gasteiger partial charge in [0.15, 0.2) is 5.78 Å². The van der Waals surface area contributed by atoms with E-state index in [0.29, 0.717) is 0 Å². The van der Waals surface area contributed by atoms with Crippen LogP contribution < -0.4 is 0 Å². The van der Waals surface area contributed by atoms with E-state index < -0.39 is 0 Å². The molecule has 3 heteroatoms. The van der Waals surface area contributed by atoms with Crippen molar-refractivity contribution in [2.45, 2.75) is 32.1 Å². The SMILES string of the molecule is Cc1sc(Br)cc1C(=O)C1CCCc2ccccc21. The zero-order valence-electron chi connectivity index (χ0n) is 10.8. The average molecular weight is 335 g/mol. The van der Waals surface area contributed by atoms with Crippen molar-refractivity contribution in [3.05, 3.63) is 55.7 Å². The van der Waals surface area contributed by atoms with Crippen LogP contribution in [0.4, 0.5) is 0 Å². The lowest BCUT2D eigenvalue weighted by molar-refractivity contribution is 0.0951. The summed E-state index contributed by atoms with van der Waals surface area (Å²) >= 11 is 5.11. The van der Waals surface area contributed by atoms with E-state index in [1.54, 1.807) is 11.3 Å². The molecule has 1 heterocycles. The first-order valence-corrected chi connectivity index (χ1v) is 8.15. The molecule has 1 atom stereocenters. The van der Waals surface area contributed by atoms with Crippen LogP contribution in [-0.2, 0) is 6.42 Å². The molecule has 0 bridgehead atoms. The quantitative estimate of drug-likeness (QED) is 0.696. The highest BCUT2D eigenvalue weighted by atomic mass is 79.9. The van der Waals surface area contributed by atoms with E-state index in [-0.39, 0.29) is 11.7 Å². The summed E-state index contributed by atoms with van der Waals surface area (Å²) in [6.07, 6.45) is 3.19. The molecule has 0 saturated heterocycles. The van der Waals surface area contributed by atoms with E-state index in [2.05, 4.69) is 34.1 Å². The molecular formula is C16H15BrOS.